The third-order valence-corrected chi connectivity index (χ3v) is 6.85. The molecule has 1 fully saturated rings. The first-order valence-electron chi connectivity index (χ1n) is 13.3. The Labute approximate surface area is 234 Å². The molecule has 1 aliphatic heterocycles. The van der Waals surface area contributed by atoms with Gasteiger partial charge in [-0.2, -0.15) is 0 Å². The Morgan fingerprint density at radius 1 is 0.975 bits per heavy atom. The summed E-state index contributed by atoms with van der Waals surface area (Å²) in [6.45, 7) is 8.38. The Bertz CT molecular complexity index is 1190. The van der Waals surface area contributed by atoms with Crippen LogP contribution in [0.5, 0.6) is 0 Å². The van der Waals surface area contributed by atoms with Crippen molar-refractivity contribution in [3.05, 3.63) is 54.2 Å². The highest BCUT2D eigenvalue weighted by molar-refractivity contribution is 6.51. The molecule has 0 radical (unpaired) electrons. The molecular formula is C28H37BN4O7. The minimum Gasteiger partial charge on any atom is -0.497 e. The van der Waals surface area contributed by atoms with Gasteiger partial charge in [-0.05, 0) is 52.3 Å². The van der Waals surface area contributed by atoms with Gasteiger partial charge in [0.05, 0.1) is 17.7 Å². The van der Waals surface area contributed by atoms with Crippen LogP contribution >= 0.6 is 0 Å². The maximum absolute atomic E-state index is 13.4. The monoisotopic (exact) mass is 552 g/mol. The molecule has 2 aromatic rings. The zero-order chi connectivity index (χ0) is 29.6. The molecule has 3 rings (SSSR count). The molecule has 1 aliphatic rings. The van der Waals surface area contributed by atoms with Crippen molar-refractivity contribution in [3.8, 4) is 11.3 Å². The number of carbonyl (C=O) groups is 4. The second-order valence-electron chi connectivity index (χ2n) is 10.5. The lowest BCUT2D eigenvalue weighted by atomic mass is 9.73. The van der Waals surface area contributed by atoms with Gasteiger partial charge in [0.1, 0.15) is 23.8 Å². The summed E-state index contributed by atoms with van der Waals surface area (Å²) < 4.78 is 11.0. The van der Waals surface area contributed by atoms with Gasteiger partial charge in [0.2, 0.25) is 5.91 Å². The van der Waals surface area contributed by atoms with Crippen molar-refractivity contribution in [2.45, 2.75) is 71.2 Å². The fraction of sp³-hybridized carbons (Fsp3) is 0.464. The second kappa shape index (κ2) is 13.5. The Kier molecular flexibility index (Phi) is 10.4. The number of likely N-dealkylation sites (N-methyl/N-ethyl adjacent to an activating group) is 1. The number of hydrogen-bond acceptors (Lipinski definition) is 9. The number of hydrogen-bond donors (Lipinski definition) is 3. The highest BCUT2D eigenvalue weighted by atomic mass is 16.6. The topological polar surface area (TPSA) is 147 Å². The van der Waals surface area contributed by atoms with Crippen molar-refractivity contribution >= 4 is 30.9 Å². The summed E-state index contributed by atoms with van der Waals surface area (Å²) in [5, 5.41) is 15.7. The van der Waals surface area contributed by atoms with Crippen molar-refractivity contribution in [1.29, 1.82) is 0 Å². The smallest absolute Gasteiger partial charge is 0.497 e. The third kappa shape index (κ3) is 7.67. The number of nitrogens with zero attached hydrogens (tertiary/aromatic N) is 2. The van der Waals surface area contributed by atoms with Crippen LogP contribution in [0.3, 0.4) is 0 Å². The quantitative estimate of drug-likeness (QED) is 0.395. The maximum atomic E-state index is 13.4. The minimum atomic E-state index is -1.39. The summed E-state index contributed by atoms with van der Waals surface area (Å²) in [7, 11) is 0.228. The van der Waals surface area contributed by atoms with E-state index in [1.54, 1.807) is 33.0 Å². The third-order valence-electron chi connectivity index (χ3n) is 6.85. The van der Waals surface area contributed by atoms with E-state index in [2.05, 4.69) is 15.6 Å². The molecule has 5 atom stereocenters. The molecule has 0 aliphatic carbocycles. The first-order valence-corrected chi connectivity index (χ1v) is 13.3. The number of aliphatic hydroxyl groups excluding tert-OH is 1. The number of rotatable bonds is 9. The second-order valence-corrected chi connectivity index (χ2v) is 10.5. The van der Waals surface area contributed by atoms with Crippen LogP contribution in [-0.4, -0.2) is 83.1 Å². The van der Waals surface area contributed by atoms with Crippen LogP contribution in [0.4, 0.5) is 0 Å². The van der Waals surface area contributed by atoms with Gasteiger partial charge in [-0.15, -0.1) is 0 Å². The zero-order valence-electron chi connectivity index (χ0n) is 23.7. The van der Waals surface area contributed by atoms with Gasteiger partial charge >= 0.3 is 19.1 Å². The van der Waals surface area contributed by atoms with Crippen molar-refractivity contribution in [2.75, 3.05) is 7.05 Å². The zero-order valence-corrected chi connectivity index (χ0v) is 23.7. The molecule has 12 heteroatoms. The SMILES string of the molecule is CC(C)C[C@H](NC(=O)C(NC(=O)c1cccc(-c2ccccc2)n1)[C@@H](C)O)B1OC(=O)[C@@H](C)N(C)[C@H](C)C(=O)O1. The van der Waals surface area contributed by atoms with Crippen molar-refractivity contribution in [1.82, 2.24) is 20.5 Å². The molecule has 0 saturated carbocycles. The van der Waals surface area contributed by atoms with Crippen molar-refractivity contribution in [2.24, 2.45) is 5.92 Å². The van der Waals surface area contributed by atoms with E-state index in [0.717, 1.165) is 5.56 Å². The van der Waals surface area contributed by atoms with E-state index >= 15 is 0 Å². The van der Waals surface area contributed by atoms with E-state index in [0.29, 0.717) is 5.69 Å². The molecule has 2 heterocycles. The van der Waals surface area contributed by atoms with Gasteiger partial charge < -0.3 is 25.0 Å². The number of benzene rings is 1. The highest BCUT2D eigenvalue weighted by Crippen LogP contribution is 2.18. The van der Waals surface area contributed by atoms with Gasteiger partial charge in [0.15, 0.2) is 0 Å². The number of amides is 2. The highest BCUT2D eigenvalue weighted by Gasteiger charge is 2.45. The predicted molar refractivity (Wildman–Crippen MR) is 149 cm³/mol. The summed E-state index contributed by atoms with van der Waals surface area (Å²) in [4.78, 5) is 57.8. The lowest BCUT2D eigenvalue weighted by molar-refractivity contribution is -0.153. The standard InChI is InChI=1S/C28H37BN4O7/c1-16(2)15-23(29-39-27(37)17(3)33(6)18(4)28(38)40-29)31-26(36)24(19(5)34)32-25(35)22-14-10-13-21(30-22)20-11-8-7-9-12-20/h7-14,16-19,23-24,34H,15H2,1-6H3,(H,31,36)(H,32,35)/t17-,18-,19-,23+,24?/m1/s1. The molecule has 1 aromatic heterocycles. The average molecular weight is 552 g/mol. The molecule has 214 valence electrons. The summed E-state index contributed by atoms with van der Waals surface area (Å²) in [6, 6.07) is 11.4. The van der Waals surface area contributed by atoms with Gasteiger partial charge in [-0.25, -0.2) is 4.98 Å². The lowest BCUT2D eigenvalue weighted by Gasteiger charge is -2.35. The molecule has 3 N–H and O–H groups in total. The first-order chi connectivity index (χ1) is 18.9. The summed E-state index contributed by atoms with van der Waals surface area (Å²) in [5.41, 5.74) is 1.45. The maximum Gasteiger partial charge on any atom is 0.622 e. The molecule has 1 saturated heterocycles. The Morgan fingerprint density at radius 2 is 1.57 bits per heavy atom. The Morgan fingerprint density at radius 3 is 2.12 bits per heavy atom. The van der Waals surface area contributed by atoms with E-state index in [9.17, 15) is 24.3 Å². The molecule has 40 heavy (non-hydrogen) atoms. The summed E-state index contributed by atoms with van der Waals surface area (Å²) >= 11 is 0. The van der Waals surface area contributed by atoms with Gasteiger partial charge in [0, 0.05) is 5.56 Å². The molecule has 1 aromatic carbocycles. The number of aromatic nitrogens is 1. The fourth-order valence-electron chi connectivity index (χ4n) is 4.25. The Balaban J connectivity index is 1.80. The van der Waals surface area contributed by atoms with E-state index in [-0.39, 0.29) is 18.0 Å². The summed E-state index contributed by atoms with van der Waals surface area (Å²) in [6.07, 6.45) is -0.992. The van der Waals surface area contributed by atoms with E-state index in [1.807, 2.05) is 44.2 Å². The summed E-state index contributed by atoms with van der Waals surface area (Å²) in [5.74, 6) is -3.54. The number of aliphatic hydroxyl groups is 1. The van der Waals surface area contributed by atoms with Crippen LogP contribution in [0.15, 0.2) is 48.5 Å². The van der Waals surface area contributed by atoms with Crippen LogP contribution < -0.4 is 10.6 Å². The van der Waals surface area contributed by atoms with Crippen molar-refractivity contribution in [3.63, 3.8) is 0 Å². The van der Waals surface area contributed by atoms with E-state index in [4.69, 9.17) is 9.31 Å². The molecule has 11 nitrogen and oxygen atoms in total. The molecule has 0 bridgehead atoms. The molecule has 2 amide bonds. The van der Waals surface area contributed by atoms with Crippen LogP contribution in [0.2, 0.25) is 0 Å². The molecule has 1 unspecified atom stereocenters. The molecular weight excluding hydrogens is 515 g/mol. The van der Waals surface area contributed by atoms with Gasteiger partial charge in [-0.3, -0.25) is 24.1 Å². The van der Waals surface area contributed by atoms with Crippen LogP contribution in [0.1, 0.15) is 51.5 Å². The van der Waals surface area contributed by atoms with Crippen molar-refractivity contribution < 1.29 is 33.6 Å². The Hall–Kier alpha value is -3.77. The lowest BCUT2D eigenvalue weighted by Crippen LogP contribution is -2.61. The predicted octanol–water partition coefficient (Wildman–Crippen LogP) is 1.59. The molecule has 0 spiro atoms. The number of carbonyl (C=O) groups excluding carboxylic acids is 4. The normalized spacial score (nSPS) is 20.4. The van der Waals surface area contributed by atoms with E-state index in [1.165, 1.54) is 17.9 Å². The first kappa shape index (κ1) is 30.8. The number of pyridine rings is 1. The minimum absolute atomic E-state index is 0.00943. The largest absolute Gasteiger partial charge is 0.622 e. The van der Waals surface area contributed by atoms with Crippen LogP contribution in [-0.2, 0) is 23.7 Å². The van der Waals surface area contributed by atoms with Crippen LogP contribution in [0, 0.1) is 5.92 Å². The van der Waals surface area contributed by atoms with Gasteiger partial charge in [-0.1, -0.05) is 50.2 Å². The average Bonchev–Trinajstić information content (AvgIpc) is 2.93. The number of nitrogens with one attached hydrogen (secondary N) is 2. The van der Waals surface area contributed by atoms with Gasteiger partial charge in [0.25, 0.3) is 5.91 Å². The fourth-order valence-corrected chi connectivity index (χ4v) is 4.25. The van der Waals surface area contributed by atoms with E-state index < -0.39 is 61.0 Å². The van der Waals surface area contributed by atoms with Crippen LogP contribution in [0.25, 0.3) is 11.3 Å².